The van der Waals surface area contributed by atoms with Gasteiger partial charge in [0.05, 0.1) is 11.9 Å². The molecule has 0 saturated heterocycles. The topological polar surface area (TPSA) is 58.6 Å². The molecule has 3 aromatic rings. The van der Waals surface area contributed by atoms with Gasteiger partial charge in [-0.2, -0.15) is 0 Å². The molecule has 1 aromatic carbocycles. The van der Waals surface area contributed by atoms with Crippen LogP contribution in [0.5, 0.6) is 0 Å². The van der Waals surface area contributed by atoms with E-state index in [1.165, 1.54) is 0 Å². The number of carbonyl (C=O) groups excluding carboxylic acids is 1. The average molecular weight is 237 g/mol. The van der Waals surface area contributed by atoms with Gasteiger partial charge in [-0.1, -0.05) is 18.2 Å². The lowest BCUT2D eigenvalue weighted by Crippen LogP contribution is -2.06. The van der Waals surface area contributed by atoms with Crippen LogP contribution < -0.4 is 0 Å². The van der Waals surface area contributed by atoms with Gasteiger partial charge in [-0.15, -0.1) is 0 Å². The molecule has 0 spiro atoms. The van der Waals surface area contributed by atoms with Crippen molar-refractivity contribution in [2.75, 3.05) is 0 Å². The molecule has 0 aliphatic carbocycles. The highest BCUT2D eigenvalue weighted by Gasteiger charge is 2.12. The second-order valence-corrected chi connectivity index (χ2v) is 4.02. The van der Waals surface area contributed by atoms with Gasteiger partial charge in [0.15, 0.2) is 5.78 Å². The maximum absolute atomic E-state index is 12.2. The van der Waals surface area contributed by atoms with E-state index in [-0.39, 0.29) is 12.2 Å². The summed E-state index contributed by atoms with van der Waals surface area (Å²) in [6, 6.07) is 9.45. The molecule has 0 atom stereocenters. The molecule has 4 heteroatoms. The van der Waals surface area contributed by atoms with Gasteiger partial charge in [0, 0.05) is 29.5 Å². The highest BCUT2D eigenvalue weighted by molar-refractivity contribution is 6.07. The molecule has 18 heavy (non-hydrogen) atoms. The quantitative estimate of drug-likeness (QED) is 0.711. The number of nitrogens with zero attached hydrogens (tertiary/aromatic N) is 2. The fourth-order valence-electron chi connectivity index (χ4n) is 1.97. The third-order valence-corrected chi connectivity index (χ3v) is 2.82. The van der Waals surface area contributed by atoms with Crippen molar-refractivity contribution in [1.82, 2.24) is 15.0 Å². The summed E-state index contributed by atoms with van der Waals surface area (Å²) >= 11 is 0. The molecule has 3 rings (SSSR count). The van der Waals surface area contributed by atoms with Crippen LogP contribution in [0, 0.1) is 0 Å². The van der Waals surface area contributed by atoms with Crippen LogP contribution in [0.1, 0.15) is 16.2 Å². The minimum Gasteiger partial charge on any atom is -0.348 e. The molecule has 0 unspecified atom stereocenters. The summed E-state index contributed by atoms with van der Waals surface area (Å²) in [6.07, 6.45) is 5.32. The van der Waals surface area contributed by atoms with E-state index in [0.717, 1.165) is 10.9 Å². The molecule has 1 N–H and O–H groups in total. The van der Waals surface area contributed by atoms with Gasteiger partial charge in [0.2, 0.25) is 0 Å². The van der Waals surface area contributed by atoms with Crippen molar-refractivity contribution in [2.45, 2.75) is 6.42 Å². The van der Waals surface area contributed by atoms with E-state index >= 15 is 0 Å². The SMILES string of the molecule is O=C(Cc1ncc[nH]1)c1cccc2cccnc12. The number of carbonyl (C=O) groups is 1. The van der Waals surface area contributed by atoms with Crippen molar-refractivity contribution in [3.63, 3.8) is 0 Å². The van der Waals surface area contributed by atoms with Crippen LogP contribution in [0.25, 0.3) is 10.9 Å². The summed E-state index contributed by atoms with van der Waals surface area (Å²) in [4.78, 5) is 23.5. The molecule has 88 valence electrons. The van der Waals surface area contributed by atoms with E-state index in [4.69, 9.17) is 0 Å². The Morgan fingerprint density at radius 2 is 2.00 bits per heavy atom. The molecule has 2 aromatic heterocycles. The lowest BCUT2D eigenvalue weighted by atomic mass is 10.0. The molecule has 4 nitrogen and oxygen atoms in total. The summed E-state index contributed by atoms with van der Waals surface area (Å²) in [7, 11) is 0. The van der Waals surface area contributed by atoms with E-state index in [2.05, 4.69) is 15.0 Å². The molecule has 0 aliphatic rings. The van der Waals surface area contributed by atoms with E-state index in [9.17, 15) is 4.79 Å². The normalized spacial score (nSPS) is 10.7. The monoisotopic (exact) mass is 237 g/mol. The van der Waals surface area contributed by atoms with Crippen molar-refractivity contribution in [2.24, 2.45) is 0 Å². The number of fused-ring (bicyclic) bond motifs is 1. The number of pyridine rings is 1. The minimum absolute atomic E-state index is 0.0225. The van der Waals surface area contributed by atoms with Crippen molar-refractivity contribution in [1.29, 1.82) is 0 Å². The summed E-state index contributed by atoms with van der Waals surface area (Å²) in [5, 5.41) is 0.975. The largest absolute Gasteiger partial charge is 0.348 e. The lowest BCUT2D eigenvalue weighted by molar-refractivity contribution is 0.0992. The fourth-order valence-corrected chi connectivity index (χ4v) is 1.97. The van der Waals surface area contributed by atoms with Gasteiger partial charge in [-0.3, -0.25) is 9.78 Å². The van der Waals surface area contributed by atoms with Gasteiger partial charge < -0.3 is 4.98 Å². The van der Waals surface area contributed by atoms with E-state index in [1.54, 1.807) is 24.7 Å². The Labute approximate surface area is 104 Å². The zero-order chi connectivity index (χ0) is 12.4. The summed E-state index contributed by atoms with van der Waals surface area (Å²) in [5.41, 5.74) is 1.39. The highest BCUT2D eigenvalue weighted by atomic mass is 16.1. The summed E-state index contributed by atoms with van der Waals surface area (Å²) in [6.45, 7) is 0. The standard InChI is InChI=1S/C14H11N3O/c18-12(9-13-15-7-8-16-13)11-5-1-3-10-4-2-6-17-14(10)11/h1-8H,9H2,(H,15,16). The van der Waals surface area contributed by atoms with Crippen LogP contribution in [-0.4, -0.2) is 20.7 Å². The Morgan fingerprint density at radius 3 is 2.83 bits per heavy atom. The third-order valence-electron chi connectivity index (χ3n) is 2.82. The van der Waals surface area contributed by atoms with Gasteiger partial charge in [0.1, 0.15) is 5.82 Å². The molecule has 0 aliphatic heterocycles. The van der Waals surface area contributed by atoms with Gasteiger partial charge >= 0.3 is 0 Å². The molecule has 2 heterocycles. The maximum atomic E-state index is 12.2. The van der Waals surface area contributed by atoms with E-state index in [0.29, 0.717) is 11.4 Å². The fraction of sp³-hybridized carbons (Fsp3) is 0.0714. The first-order valence-electron chi connectivity index (χ1n) is 5.70. The number of nitrogens with one attached hydrogen (secondary N) is 1. The van der Waals surface area contributed by atoms with Crippen LogP contribution in [-0.2, 0) is 6.42 Å². The Balaban J connectivity index is 2.01. The number of hydrogen-bond acceptors (Lipinski definition) is 3. The van der Waals surface area contributed by atoms with E-state index < -0.39 is 0 Å². The molecule has 0 bridgehead atoms. The Kier molecular flexibility index (Phi) is 2.61. The molecule has 0 radical (unpaired) electrons. The molecule has 0 saturated carbocycles. The predicted octanol–water partition coefficient (Wildman–Crippen LogP) is 2.38. The number of H-pyrrole nitrogens is 1. The van der Waals surface area contributed by atoms with Gasteiger partial charge in [-0.05, 0) is 12.1 Å². The van der Waals surface area contributed by atoms with Crippen molar-refractivity contribution in [3.05, 3.63) is 60.3 Å². The number of benzene rings is 1. The third kappa shape index (κ3) is 1.88. The molecule has 0 amide bonds. The first-order chi connectivity index (χ1) is 8.84. The second-order valence-electron chi connectivity index (χ2n) is 4.02. The Hall–Kier alpha value is -2.49. The predicted molar refractivity (Wildman–Crippen MR) is 68.4 cm³/mol. The number of ketones is 1. The minimum atomic E-state index is 0.0225. The van der Waals surface area contributed by atoms with Crippen molar-refractivity contribution < 1.29 is 4.79 Å². The molecule has 0 fully saturated rings. The second kappa shape index (κ2) is 4.41. The Bertz CT molecular complexity index is 684. The van der Waals surface area contributed by atoms with Crippen molar-refractivity contribution >= 4 is 16.7 Å². The number of Topliss-reactive ketones (excluding diaryl/α,β-unsaturated/α-hetero) is 1. The zero-order valence-electron chi connectivity index (χ0n) is 9.63. The average Bonchev–Trinajstić information content (AvgIpc) is 2.91. The summed E-state index contributed by atoms with van der Waals surface area (Å²) < 4.78 is 0. The van der Waals surface area contributed by atoms with Gasteiger partial charge in [0.25, 0.3) is 0 Å². The molecular weight excluding hydrogens is 226 g/mol. The van der Waals surface area contributed by atoms with E-state index in [1.807, 2.05) is 24.3 Å². The summed E-state index contributed by atoms with van der Waals surface area (Å²) in [5.74, 6) is 0.696. The first kappa shape index (κ1) is 10.7. The smallest absolute Gasteiger partial charge is 0.172 e. The number of hydrogen-bond donors (Lipinski definition) is 1. The van der Waals surface area contributed by atoms with Gasteiger partial charge in [-0.25, -0.2) is 4.98 Å². The number of imidazole rings is 1. The Morgan fingerprint density at radius 1 is 1.11 bits per heavy atom. The van der Waals surface area contributed by atoms with Crippen LogP contribution in [0.15, 0.2) is 48.9 Å². The molecular formula is C14H11N3O. The first-order valence-corrected chi connectivity index (χ1v) is 5.70. The van der Waals surface area contributed by atoms with Crippen molar-refractivity contribution in [3.8, 4) is 0 Å². The van der Waals surface area contributed by atoms with Crippen LogP contribution in [0.2, 0.25) is 0 Å². The maximum Gasteiger partial charge on any atom is 0.172 e. The number of aromatic amines is 1. The zero-order valence-corrected chi connectivity index (χ0v) is 9.63. The van der Waals surface area contributed by atoms with Crippen LogP contribution >= 0.6 is 0 Å². The van der Waals surface area contributed by atoms with Crippen LogP contribution in [0.3, 0.4) is 0 Å². The number of para-hydroxylation sites is 1. The lowest BCUT2D eigenvalue weighted by Gasteiger charge is -2.03. The highest BCUT2D eigenvalue weighted by Crippen LogP contribution is 2.17. The number of rotatable bonds is 3. The van der Waals surface area contributed by atoms with Crippen LogP contribution in [0.4, 0.5) is 0 Å². The number of aromatic nitrogens is 3.